The molecule has 1 aliphatic carbocycles. The molecule has 1 amide bonds. The fraction of sp³-hybridized carbons (Fsp3) is 0.615. The summed E-state index contributed by atoms with van der Waals surface area (Å²) in [5.41, 5.74) is 0.412. The SMILES string of the molecule is COCCC1(CNC(=O)c2cc(S(=O)(=O)Cl)cn2C)CC1. The number of halogens is 1. The van der Waals surface area contributed by atoms with E-state index in [9.17, 15) is 13.2 Å². The topological polar surface area (TPSA) is 77.4 Å². The monoisotopic (exact) mass is 334 g/mol. The van der Waals surface area contributed by atoms with Crippen molar-refractivity contribution in [2.75, 3.05) is 20.3 Å². The molecular formula is C13H19ClN2O4S. The van der Waals surface area contributed by atoms with Crippen molar-refractivity contribution in [2.24, 2.45) is 12.5 Å². The molecule has 0 unspecified atom stereocenters. The number of aromatic nitrogens is 1. The zero-order valence-corrected chi connectivity index (χ0v) is 13.6. The summed E-state index contributed by atoms with van der Waals surface area (Å²) in [6, 6.07) is 1.28. The van der Waals surface area contributed by atoms with Gasteiger partial charge in [-0.25, -0.2) is 8.42 Å². The Hall–Kier alpha value is -1.05. The predicted octanol–water partition coefficient (Wildman–Crippen LogP) is 1.50. The van der Waals surface area contributed by atoms with Crippen molar-refractivity contribution in [3.63, 3.8) is 0 Å². The molecule has 0 aromatic carbocycles. The van der Waals surface area contributed by atoms with Crippen LogP contribution in [0.1, 0.15) is 29.8 Å². The van der Waals surface area contributed by atoms with E-state index in [0.29, 0.717) is 13.2 Å². The smallest absolute Gasteiger partial charge is 0.267 e. The molecule has 0 saturated heterocycles. The van der Waals surface area contributed by atoms with Crippen molar-refractivity contribution in [2.45, 2.75) is 24.2 Å². The van der Waals surface area contributed by atoms with Crippen LogP contribution in [0.15, 0.2) is 17.2 Å². The van der Waals surface area contributed by atoms with Gasteiger partial charge in [0.15, 0.2) is 0 Å². The van der Waals surface area contributed by atoms with Gasteiger partial charge in [0.05, 0.1) is 0 Å². The third-order valence-electron chi connectivity index (χ3n) is 3.91. The molecule has 0 radical (unpaired) electrons. The highest BCUT2D eigenvalue weighted by atomic mass is 35.7. The fourth-order valence-electron chi connectivity index (χ4n) is 2.26. The molecule has 1 aromatic rings. The highest BCUT2D eigenvalue weighted by molar-refractivity contribution is 8.13. The zero-order valence-electron chi connectivity index (χ0n) is 12.1. The molecule has 0 bridgehead atoms. The maximum atomic E-state index is 12.2. The van der Waals surface area contributed by atoms with Crippen LogP contribution in [-0.4, -0.2) is 39.2 Å². The molecule has 2 rings (SSSR count). The van der Waals surface area contributed by atoms with Crippen LogP contribution < -0.4 is 5.32 Å². The molecule has 1 heterocycles. The van der Waals surface area contributed by atoms with Crippen molar-refractivity contribution >= 4 is 25.6 Å². The molecule has 8 heteroatoms. The maximum Gasteiger partial charge on any atom is 0.267 e. The lowest BCUT2D eigenvalue weighted by atomic mass is 10.0. The Morgan fingerprint density at radius 3 is 2.67 bits per heavy atom. The van der Waals surface area contributed by atoms with E-state index in [2.05, 4.69) is 5.32 Å². The minimum Gasteiger partial charge on any atom is -0.385 e. The first-order valence-corrected chi connectivity index (χ1v) is 8.96. The van der Waals surface area contributed by atoms with Gasteiger partial charge < -0.3 is 14.6 Å². The third kappa shape index (κ3) is 3.99. The number of carbonyl (C=O) groups excluding carboxylic acids is 1. The highest BCUT2D eigenvalue weighted by Crippen LogP contribution is 2.48. The number of nitrogens with one attached hydrogen (secondary N) is 1. The zero-order chi connectivity index (χ0) is 15.7. The van der Waals surface area contributed by atoms with Gasteiger partial charge in [-0.2, -0.15) is 0 Å². The van der Waals surface area contributed by atoms with Crippen molar-refractivity contribution in [3.8, 4) is 0 Å². The van der Waals surface area contributed by atoms with E-state index < -0.39 is 9.05 Å². The second-order valence-corrected chi connectivity index (χ2v) is 8.10. The summed E-state index contributed by atoms with van der Waals surface area (Å²) >= 11 is 0. The molecule has 1 saturated carbocycles. The number of carbonyl (C=O) groups is 1. The lowest BCUT2D eigenvalue weighted by Crippen LogP contribution is -2.31. The van der Waals surface area contributed by atoms with E-state index in [0.717, 1.165) is 19.3 Å². The molecule has 0 spiro atoms. The Bertz CT molecular complexity index is 635. The van der Waals surface area contributed by atoms with Gasteiger partial charge in [0.2, 0.25) is 0 Å². The normalized spacial score (nSPS) is 16.7. The van der Waals surface area contributed by atoms with Gasteiger partial charge in [0.1, 0.15) is 10.6 Å². The predicted molar refractivity (Wildman–Crippen MR) is 78.9 cm³/mol. The first-order chi connectivity index (χ1) is 9.77. The summed E-state index contributed by atoms with van der Waals surface area (Å²) < 4.78 is 29.1. The Morgan fingerprint density at radius 2 is 2.19 bits per heavy atom. The molecule has 0 aliphatic heterocycles. The van der Waals surface area contributed by atoms with Gasteiger partial charge >= 0.3 is 0 Å². The largest absolute Gasteiger partial charge is 0.385 e. The lowest BCUT2D eigenvalue weighted by molar-refractivity contribution is 0.0930. The number of amides is 1. The van der Waals surface area contributed by atoms with E-state index >= 15 is 0 Å². The minimum absolute atomic E-state index is 0.0719. The van der Waals surface area contributed by atoms with Crippen molar-refractivity contribution in [1.82, 2.24) is 9.88 Å². The van der Waals surface area contributed by atoms with E-state index in [1.54, 1.807) is 14.2 Å². The highest BCUT2D eigenvalue weighted by Gasteiger charge is 2.42. The standard InChI is InChI=1S/C13H19ClN2O4S/c1-16-8-10(21(14,18)19)7-11(16)12(17)15-9-13(3-4-13)5-6-20-2/h7-8H,3-6,9H2,1-2H3,(H,15,17). The number of rotatable bonds is 7. The second kappa shape index (κ2) is 5.98. The van der Waals surface area contributed by atoms with Crippen LogP contribution in [0.3, 0.4) is 0 Å². The molecule has 21 heavy (non-hydrogen) atoms. The molecule has 6 nitrogen and oxygen atoms in total. The van der Waals surface area contributed by atoms with Gasteiger partial charge in [-0.05, 0) is 30.7 Å². The number of hydrogen-bond acceptors (Lipinski definition) is 4. The number of ether oxygens (including phenoxy) is 1. The van der Waals surface area contributed by atoms with Crippen molar-refractivity contribution in [1.29, 1.82) is 0 Å². The molecule has 118 valence electrons. The van der Waals surface area contributed by atoms with Crippen molar-refractivity contribution in [3.05, 3.63) is 18.0 Å². The van der Waals surface area contributed by atoms with Gasteiger partial charge in [-0.15, -0.1) is 0 Å². The number of methoxy groups -OCH3 is 1. The van der Waals surface area contributed by atoms with Crippen LogP contribution in [0.4, 0.5) is 0 Å². The number of nitrogens with zero attached hydrogens (tertiary/aromatic N) is 1. The van der Waals surface area contributed by atoms with Crippen LogP contribution in [-0.2, 0) is 20.8 Å². The summed E-state index contributed by atoms with van der Waals surface area (Å²) in [7, 11) is 4.72. The van der Waals surface area contributed by atoms with Gasteiger partial charge in [0.25, 0.3) is 15.0 Å². The average molecular weight is 335 g/mol. The van der Waals surface area contributed by atoms with Crippen LogP contribution >= 0.6 is 10.7 Å². The van der Waals surface area contributed by atoms with Crippen molar-refractivity contribution < 1.29 is 17.9 Å². The number of aryl methyl sites for hydroxylation is 1. The summed E-state index contributed by atoms with van der Waals surface area (Å²) in [6.45, 7) is 1.25. The average Bonchev–Trinajstić information content (AvgIpc) is 3.06. The molecule has 0 atom stereocenters. The van der Waals surface area contributed by atoms with Crippen LogP contribution in [0.2, 0.25) is 0 Å². The van der Waals surface area contributed by atoms with E-state index in [4.69, 9.17) is 15.4 Å². The summed E-state index contributed by atoms with van der Waals surface area (Å²) in [5.74, 6) is -0.298. The van der Waals surface area contributed by atoms with Crippen LogP contribution in [0, 0.1) is 5.41 Å². The first kappa shape index (κ1) is 16.3. The van der Waals surface area contributed by atoms with Crippen LogP contribution in [0.25, 0.3) is 0 Å². The van der Waals surface area contributed by atoms with E-state index in [1.165, 1.54) is 16.8 Å². The Morgan fingerprint density at radius 1 is 1.52 bits per heavy atom. The maximum absolute atomic E-state index is 12.2. The Labute approximate surface area is 128 Å². The quantitative estimate of drug-likeness (QED) is 0.766. The summed E-state index contributed by atoms with van der Waals surface area (Å²) in [6.07, 6.45) is 4.39. The molecule has 1 aromatic heterocycles. The second-order valence-electron chi connectivity index (χ2n) is 5.54. The van der Waals surface area contributed by atoms with Crippen LogP contribution in [0.5, 0.6) is 0 Å². The first-order valence-electron chi connectivity index (χ1n) is 6.66. The minimum atomic E-state index is -3.83. The molecular weight excluding hydrogens is 316 g/mol. The Balaban J connectivity index is 2.00. The summed E-state index contributed by atoms with van der Waals surface area (Å²) in [4.78, 5) is 12.1. The lowest BCUT2D eigenvalue weighted by Gasteiger charge is -2.15. The Kier molecular flexibility index (Phi) is 4.65. The van der Waals surface area contributed by atoms with Gasteiger partial charge in [-0.3, -0.25) is 4.79 Å². The molecule has 1 fully saturated rings. The fourth-order valence-corrected chi connectivity index (χ4v) is 3.05. The molecule has 1 aliphatic rings. The number of hydrogen-bond donors (Lipinski definition) is 1. The summed E-state index contributed by atoms with van der Waals surface area (Å²) in [5, 5.41) is 2.86. The van der Waals surface area contributed by atoms with E-state index in [1.807, 2.05) is 0 Å². The van der Waals surface area contributed by atoms with Gasteiger partial charge in [-0.1, -0.05) is 0 Å². The van der Waals surface area contributed by atoms with E-state index in [-0.39, 0.29) is 21.9 Å². The van der Waals surface area contributed by atoms with Gasteiger partial charge in [0, 0.05) is 44.2 Å². The third-order valence-corrected chi connectivity index (χ3v) is 5.23. The molecule has 1 N–H and O–H groups in total.